The summed E-state index contributed by atoms with van der Waals surface area (Å²) in [6, 6.07) is 28.6. The normalized spacial score (nSPS) is 11.7. The van der Waals surface area contributed by atoms with E-state index >= 15 is 0 Å². The lowest BCUT2D eigenvalue weighted by molar-refractivity contribution is -0.120. The van der Waals surface area contributed by atoms with Crippen molar-refractivity contribution >= 4 is 5.91 Å². The number of hydrogen-bond donors (Lipinski definition) is 2. The van der Waals surface area contributed by atoms with E-state index in [0.29, 0.717) is 6.54 Å². The van der Waals surface area contributed by atoms with Gasteiger partial charge in [0.2, 0.25) is 5.91 Å². The zero-order chi connectivity index (χ0) is 18.2. The van der Waals surface area contributed by atoms with Gasteiger partial charge in [-0.2, -0.15) is 0 Å². The second-order valence-corrected chi connectivity index (χ2v) is 6.40. The molecule has 3 aromatic carbocycles. The minimum atomic E-state index is -0.0146. The number of nitrogens with one attached hydrogen (secondary N) is 2. The van der Waals surface area contributed by atoms with Crippen molar-refractivity contribution in [3.8, 4) is 0 Å². The summed E-state index contributed by atoms with van der Waals surface area (Å²) in [6.45, 7) is 2.88. The zero-order valence-electron chi connectivity index (χ0n) is 15.0. The number of benzene rings is 3. The fraction of sp³-hybridized carbons (Fsp3) is 0.174. The molecule has 0 heterocycles. The molecule has 3 nitrogen and oxygen atoms in total. The van der Waals surface area contributed by atoms with Gasteiger partial charge in [-0.25, -0.2) is 0 Å². The van der Waals surface area contributed by atoms with Crippen LogP contribution in [0.5, 0.6) is 0 Å². The van der Waals surface area contributed by atoms with Crippen molar-refractivity contribution in [1.82, 2.24) is 10.6 Å². The third-order valence-electron chi connectivity index (χ3n) is 4.34. The van der Waals surface area contributed by atoms with Crippen LogP contribution in [0.2, 0.25) is 0 Å². The van der Waals surface area contributed by atoms with Crippen molar-refractivity contribution < 1.29 is 4.79 Å². The SMILES string of the molecule is Cc1ccc([C@H](NCC(=O)NCc2ccccc2)c2ccccc2)cc1. The van der Waals surface area contributed by atoms with Crippen molar-refractivity contribution in [2.75, 3.05) is 6.54 Å². The van der Waals surface area contributed by atoms with Gasteiger partial charge in [0.15, 0.2) is 0 Å². The molecule has 3 heteroatoms. The van der Waals surface area contributed by atoms with Crippen LogP contribution < -0.4 is 10.6 Å². The average Bonchev–Trinajstić information content (AvgIpc) is 2.69. The van der Waals surface area contributed by atoms with Gasteiger partial charge >= 0.3 is 0 Å². The summed E-state index contributed by atoms with van der Waals surface area (Å²) in [4.78, 5) is 12.3. The molecule has 0 fully saturated rings. The van der Waals surface area contributed by atoms with E-state index in [0.717, 1.165) is 16.7 Å². The lowest BCUT2D eigenvalue weighted by Crippen LogP contribution is -2.35. The van der Waals surface area contributed by atoms with Gasteiger partial charge in [-0.1, -0.05) is 90.5 Å². The Balaban J connectivity index is 1.64. The molecule has 0 saturated carbocycles. The number of hydrogen-bond acceptors (Lipinski definition) is 2. The van der Waals surface area contributed by atoms with Gasteiger partial charge < -0.3 is 5.32 Å². The van der Waals surface area contributed by atoms with Gasteiger partial charge in [-0.05, 0) is 23.6 Å². The number of amides is 1. The first-order valence-electron chi connectivity index (χ1n) is 8.88. The third-order valence-corrected chi connectivity index (χ3v) is 4.34. The molecule has 3 rings (SSSR count). The number of rotatable bonds is 7. The van der Waals surface area contributed by atoms with Crippen molar-refractivity contribution in [2.45, 2.75) is 19.5 Å². The van der Waals surface area contributed by atoms with Crippen molar-refractivity contribution in [3.05, 3.63) is 107 Å². The van der Waals surface area contributed by atoms with E-state index in [1.165, 1.54) is 5.56 Å². The summed E-state index contributed by atoms with van der Waals surface area (Å²) < 4.78 is 0. The summed E-state index contributed by atoms with van der Waals surface area (Å²) in [5.41, 5.74) is 4.62. The van der Waals surface area contributed by atoms with E-state index < -0.39 is 0 Å². The molecule has 0 aliphatic heterocycles. The molecule has 2 N–H and O–H groups in total. The quantitative estimate of drug-likeness (QED) is 0.680. The molecule has 1 atom stereocenters. The smallest absolute Gasteiger partial charge is 0.234 e. The summed E-state index contributed by atoms with van der Waals surface area (Å²) in [7, 11) is 0. The molecule has 0 aliphatic carbocycles. The summed E-state index contributed by atoms with van der Waals surface area (Å²) in [5.74, 6) is -0.0121. The van der Waals surface area contributed by atoms with Crippen LogP contribution in [0, 0.1) is 6.92 Å². The fourth-order valence-corrected chi connectivity index (χ4v) is 2.89. The Kier molecular flexibility index (Phi) is 6.18. The lowest BCUT2D eigenvalue weighted by atomic mass is 9.98. The molecule has 0 saturated heterocycles. The Morgan fingerprint density at radius 3 is 2.04 bits per heavy atom. The van der Waals surface area contributed by atoms with Gasteiger partial charge in [0.05, 0.1) is 12.6 Å². The second kappa shape index (κ2) is 8.97. The highest BCUT2D eigenvalue weighted by Crippen LogP contribution is 2.22. The van der Waals surface area contributed by atoms with Crippen LogP contribution in [0.3, 0.4) is 0 Å². The molecular formula is C23H24N2O. The van der Waals surface area contributed by atoms with Crippen LogP contribution in [0.1, 0.15) is 28.3 Å². The molecule has 0 aliphatic rings. The van der Waals surface area contributed by atoms with Crippen LogP contribution in [0.4, 0.5) is 0 Å². The average molecular weight is 344 g/mol. The maximum absolute atomic E-state index is 12.3. The third kappa shape index (κ3) is 5.04. The van der Waals surface area contributed by atoms with Crippen molar-refractivity contribution in [1.29, 1.82) is 0 Å². The first-order valence-corrected chi connectivity index (χ1v) is 8.88. The van der Waals surface area contributed by atoms with E-state index in [2.05, 4.69) is 54.0 Å². The van der Waals surface area contributed by atoms with Gasteiger partial charge in [-0.15, -0.1) is 0 Å². The van der Waals surface area contributed by atoms with Gasteiger partial charge in [0.1, 0.15) is 0 Å². The number of carbonyl (C=O) groups excluding carboxylic acids is 1. The number of carbonyl (C=O) groups is 1. The molecule has 132 valence electrons. The van der Waals surface area contributed by atoms with Gasteiger partial charge in [0, 0.05) is 6.54 Å². The molecule has 26 heavy (non-hydrogen) atoms. The Labute approximate surface area is 155 Å². The Bertz CT molecular complexity index is 814. The summed E-state index contributed by atoms with van der Waals surface area (Å²) in [5, 5.41) is 6.36. The molecule has 0 bridgehead atoms. The Morgan fingerprint density at radius 1 is 0.808 bits per heavy atom. The van der Waals surface area contributed by atoms with E-state index in [-0.39, 0.29) is 18.5 Å². The van der Waals surface area contributed by atoms with Crippen LogP contribution in [0.25, 0.3) is 0 Å². The Morgan fingerprint density at radius 2 is 1.38 bits per heavy atom. The first-order chi connectivity index (χ1) is 12.7. The maximum atomic E-state index is 12.3. The minimum absolute atomic E-state index is 0.0121. The van der Waals surface area contributed by atoms with E-state index in [4.69, 9.17) is 0 Å². The topological polar surface area (TPSA) is 41.1 Å². The largest absolute Gasteiger partial charge is 0.351 e. The highest BCUT2D eigenvalue weighted by Gasteiger charge is 2.14. The molecule has 0 aromatic heterocycles. The van der Waals surface area contributed by atoms with Gasteiger partial charge in [0.25, 0.3) is 0 Å². The maximum Gasteiger partial charge on any atom is 0.234 e. The lowest BCUT2D eigenvalue weighted by Gasteiger charge is -2.20. The van der Waals surface area contributed by atoms with E-state index in [1.807, 2.05) is 48.5 Å². The van der Waals surface area contributed by atoms with Gasteiger partial charge in [-0.3, -0.25) is 10.1 Å². The highest BCUT2D eigenvalue weighted by molar-refractivity contribution is 5.78. The van der Waals surface area contributed by atoms with Crippen molar-refractivity contribution in [2.24, 2.45) is 0 Å². The van der Waals surface area contributed by atoms with Crippen LogP contribution in [-0.2, 0) is 11.3 Å². The van der Waals surface area contributed by atoms with Crippen LogP contribution in [0.15, 0.2) is 84.9 Å². The molecule has 0 radical (unpaired) electrons. The fourth-order valence-electron chi connectivity index (χ4n) is 2.89. The summed E-state index contributed by atoms with van der Waals surface area (Å²) >= 11 is 0. The standard InChI is InChI=1S/C23H24N2O/c1-18-12-14-21(15-13-18)23(20-10-6-3-7-11-20)25-17-22(26)24-16-19-8-4-2-5-9-19/h2-15,23,25H,16-17H2,1H3,(H,24,26)/t23-/m1/s1. The number of aryl methyl sites for hydroxylation is 1. The first kappa shape index (κ1) is 17.9. The molecule has 3 aromatic rings. The molecule has 1 amide bonds. The second-order valence-electron chi connectivity index (χ2n) is 6.40. The Hall–Kier alpha value is -2.91. The molecule has 0 unspecified atom stereocenters. The summed E-state index contributed by atoms with van der Waals surface area (Å²) in [6.07, 6.45) is 0. The predicted molar refractivity (Wildman–Crippen MR) is 106 cm³/mol. The molecule has 0 spiro atoms. The minimum Gasteiger partial charge on any atom is -0.351 e. The van der Waals surface area contributed by atoms with Crippen molar-refractivity contribution in [3.63, 3.8) is 0 Å². The molecular weight excluding hydrogens is 320 g/mol. The monoisotopic (exact) mass is 344 g/mol. The van der Waals surface area contributed by atoms with E-state index in [9.17, 15) is 4.79 Å². The highest BCUT2D eigenvalue weighted by atomic mass is 16.1. The van der Waals surface area contributed by atoms with Crippen LogP contribution >= 0.6 is 0 Å². The van der Waals surface area contributed by atoms with E-state index in [1.54, 1.807) is 0 Å². The zero-order valence-corrected chi connectivity index (χ0v) is 15.0. The van der Waals surface area contributed by atoms with Crippen LogP contribution in [-0.4, -0.2) is 12.5 Å². The predicted octanol–water partition coefficient (Wildman–Crippen LogP) is 3.99.